The summed E-state index contributed by atoms with van der Waals surface area (Å²) in [6.45, 7) is 4.45. The summed E-state index contributed by atoms with van der Waals surface area (Å²) in [4.78, 5) is 11.7. The van der Waals surface area contributed by atoms with Gasteiger partial charge in [-0.1, -0.05) is 25.0 Å². The largest absolute Gasteiger partial charge is 0.494 e. The van der Waals surface area contributed by atoms with E-state index >= 15 is 0 Å². The van der Waals surface area contributed by atoms with Crippen molar-refractivity contribution >= 4 is 5.78 Å². The monoisotopic (exact) mass is 216 g/mol. The molecule has 2 heteroatoms. The number of carbonyl (C=O) groups excluding carboxylic acids is 1. The van der Waals surface area contributed by atoms with Gasteiger partial charge in [-0.15, -0.1) is 5.92 Å². The first-order chi connectivity index (χ1) is 7.77. The fourth-order valence-electron chi connectivity index (χ4n) is 1.25. The third-order valence-corrected chi connectivity index (χ3v) is 2.05. The van der Waals surface area contributed by atoms with Crippen LogP contribution in [-0.2, 0) is 0 Å². The number of hydrogen-bond acceptors (Lipinski definition) is 2. The minimum absolute atomic E-state index is 0.0382. The molecule has 0 aliphatic heterocycles. The van der Waals surface area contributed by atoms with Gasteiger partial charge in [0, 0.05) is 5.56 Å². The summed E-state index contributed by atoms with van der Waals surface area (Å²) >= 11 is 0. The number of carbonyl (C=O) groups is 1. The van der Waals surface area contributed by atoms with Gasteiger partial charge in [0.15, 0.2) is 5.78 Å². The van der Waals surface area contributed by atoms with Crippen LogP contribution in [0, 0.1) is 11.8 Å². The molecule has 1 rings (SSSR count). The van der Waals surface area contributed by atoms with E-state index in [1.807, 2.05) is 19.1 Å². The van der Waals surface area contributed by atoms with Crippen molar-refractivity contribution in [3.05, 3.63) is 29.8 Å². The van der Waals surface area contributed by atoms with Crippen molar-refractivity contribution in [2.45, 2.75) is 26.7 Å². The standard InChI is InChI=1S/C14H16O2/c1-3-5-9-14(15)12-7-6-8-13(11-12)16-10-4-2/h6-8,11H,4,9-10H2,1-2H3. The Balaban J connectivity index is 2.72. The number of ketones is 1. The predicted octanol–water partition coefficient (Wildman–Crippen LogP) is 3.07. The summed E-state index contributed by atoms with van der Waals surface area (Å²) in [7, 11) is 0. The highest BCUT2D eigenvalue weighted by atomic mass is 16.5. The Morgan fingerprint density at radius 1 is 1.44 bits per heavy atom. The van der Waals surface area contributed by atoms with E-state index in [0.717, 1.165) is 12.2 Å². The quantitative estimate of drug-likeness (QED) is 0.558. The summed E-state index contributed by atoms with van der Waals surface area (Å²) in [6.07, 6.45) is 1.23. The van der Waals surface area contributed by atoms with Crippen LogP contribution in [0.4, 0.5) is 0 Å². The Hall–Kier alpha value is -1.75. The lowest BCUT2D eigenvalue weighted by atomic mass is 10.1. The van der Waals surface area contributed by atoms with Crippen molar-refractivity contribution in [3.8, 4) is 17.6 Å². The van der Waals surface area contributed by atoms with Crippen LogP contribution in [0.3, 0.4) is 0 Å². The van der Waals surface area contributed by atoms with Gasteiger partial charge in [-0.05, 0) is 25.5 Å². The van der Waals surface area contributed by atoms with E-state index in [4.69, 9.17) is 4.74 Å². The fourth-order valence-corrected chi connectivity index (χ4v) is 1.25. The molecule has 0 aliphatic carbocycles. The average Bonchev–Trinajstić information content (AvgIpc) is 2.33. The molecule has 1 aromatic rings. The molecule has 0 heterocycles. The minimum Gasteiger partial charge on any atom is -0.494 e. The number of Topliss-reactive ketones (excluding diaryl/α,β-unsaturated/α-hetero) is 1. The van der Waals surface area contributed by atoms with Crippen molar-refractivity contribution in [3.63, 3.8) is 0 Å². The molecule has 0 aromatic heterocycles. The Bertz CT molecular complexity index is 410. The number of benzene rings is 1. The van der Waals surface area contributed by atoms with Gasteiger partial charge in [-0.2, -0.15) is 0 Å². The van der Waals surface area contributed by atoms with Gasteiger partial charge in [0.05, 0.1) is 13.0 Å². The molecule has 0 radical (unpaired) electrons. The lowest BCUT2D eigenvalue weighted by Gasteiger charge is -2.05. The zero-order valence-electron chi connectivity index (χ0n) is 9.75. The first-order valence-electron chi connectivity index (χ1n) is 5.43. The molecule has 0 amide bonds. The lowest BCUT2D eigenvalue weighted by molar-refractivity contribution is 0.0997. The van der Waals surface area contributed by atoms with Crippen LogP contribution in [0.1, 0.15) is 37.0 Å². The first-order valence-corrected chi connectivity index (χ1v) is 5.43. The number of rotatable bonds is 5. The Kier molecular flexibility index (Phi) is 5.15. The second kappa shape index (κ2) is 6.68. The van der Waals surface area contributed by atoms with E-state index < -0.39 is 0 Å². The number of hydrogen-bond donors (Lipinski definition) is 0. The van der Waals surface area contributed by atoms with Crippen LogP contribution >= 0.6 is 0 Å². The van der Waals surface area contributed by atoms with Crippen molar-refractivity contribution < 1.29 is 9.53 Å². The molecule has 0 saturated heterocycles. The Morgan fingerprint density at radius 3 is 2.94 bits per heavy atom. The lowest BCUT2D eigenvalue weighted by Crippen LogP contribution is -2.00. The predicted molar refractivity (Wildman–Crippen MR) is 64.6 cm³/mol. The fraction of sp³-hybridized carbons (Fsp3) is 0.357. The second-order valence-corrected chi connectivity index (χ2v) is 3.40. The van der Waals surface area contributed by atoms with Crippen molar-refractivity contribution in [1.82, 2.24) is 0 Å². The van der Waals surface area contributed by atoms with Gasteiger partial charge in [0.1, 0.15) is 5.75 Å². The molecule has 2 nitrogen and oxygen atoms in total. The molecule has 0 spiro atoms. The third-order valence-electron chi connectivity index (χ3n) is 2.05. The van der Waals surface area contributed by atoms with Gasteiger partial charge < -0.3 is 4.74 Å². The number of ether oxygens (including phenoxy) is 1. The van der Waals surface area contributed by atoms with Crippen molar-refractivity contribution in [2.24, 2.45) is 0 Å². The van der Waals surface area contributed by atoms with Crippen LogP contribution in [0.25, 0.3) is 0 Å². The smallest absolute Gasteiger partial charge is 0.174 e. The molecule has 0 saturated carbocycles. The summed E-state index contributed by atoms with van der Waals surface area (Å²) in [6, 6.07) is 7.25. The summed E-state index contributed by atoms with van der Waals surface area (Å²) in [5.41, 5.74) is 0.663. The second-order valence-electron chi connectivity index (χ2n) is 3.40. The van der Waals surface area contributed by atoms with Gasteiger partial charge in [0.25, 0.3) is 0 Å². The molecular formula is C14H16O2. The molecule has 1 aromatic carbocycles. The normalized spacial score (nSPS) is 9.12. The van der Waals surface area contributed by atoms with E-state index in [9.17, 15) is 4.79 Å². The molecule has 0 atom stereocenters. The van der Waals surface area contributed by atoms with E-state index in [2.05, 4.69) is 11.8 Å². The average molecular weight is 216 g/mol. The van der Waals surface area contributed by atoms with Crippen LogP contribution in [0.2, 0.25) is 0 Å². The summed E-state index contributed by atoms with van der Waals surface area (Å²) in [5.74, 6) is 6.27. The zero-order valence-corrected chi connectivity index (χ0v) is 9.75. The van der Waals surface area contributed by atoms with Crippen LogP contribution in [0.5, 0.6) is 5.75 Å². The van der Waals surface area contributed by atoms with Gasteiger partial charge in [-0.3, -0.25) is 4.79 Å². The molecule has 0 aliphatic rings. The molecule has 16 heavy (non-hydrogen) atoms. The molecule has 84 valence electrons. The highest BCUT2D eigenvalue weighted by molar-refractivity contribution is 5.97. The Morgan fingerprint density at radius 2 is 2.25 bits per heavy atom. The maximum Gasteiger partial charge on any atom is 0.174 e. The highest BCUT2D eigenvalue weighted by Crippen LogP contribution is 2.14. The molecule has 0 fully saturated rings. The van der Waals surface area contributed by atoms with Gasteiger partial charge in [-0.25, -0.2) is 0 Å². The van der Waals surface area contributed by atoms with Gasteiger partial charge in [0.2, 0.25) is 0 Å². The molecular weight excluding hydrogens is 200 g/mol. The molecule has 0 N–H and O–H groups in total. The van der Waals surface area contributed by atoms with Crippen LogP contribution in [-0.4, -0.2) is 12.4 Å². The summed E-state index contributed by atoms with van der Waals surface area (Å²) < 4.78 is 5.46. The van der Waals surface area contributed by atoms with Crippen molar-refractivity contribution in [1.29, 1.82) is 0 Å². The maximum atomic E-state index is 11.7. The van der Waals surface area contributed by atoms with Gasteiger partial charge >= 0.3 is 0 Å². The summed E-state index contributed by atoms with van der Waals surface area (Å²) in [5, 5.41) is 0. The zero-order chi connectivity index (χ0) is 11.8. The topological polar surface area (TPSA) is 26.3 Å². The van der Waals surface area contributed by atoms with E-state index in [0.29, 0.717) is 12.2 Å². The van der Waals surface area contributed by atoms with E-state index in [1.54, 1.807) is 19.1 Å². The minimum atomic E-state index is 0.0382. The van der Waals surface area contributed by atoms with E-state index in [1.165, 1.54) is 0 Å². The first kappa shape index (κ1) is 12.3. The highest BCUT2D eigenvalue weighted by Gasteiger charge is 2.04. The SMILES string of the molecule is CC#CCC(=O)c1cccc(OCCC)c1. The van der Waals surface area contributed by atoms with Crippen molar-refractivity contribution in [2.75, 3.05) is 6.61 Å². The molecule has 0 bridgehead atoms. The van der Waals surface area contributed by atoms with E-state index in [-0.39, 0.29) is 12.2 Å². The molecule has 0 unspecified atom stereocenters. The van der Waals surface area contributed by atoms with Crippen LogP contribution in [0.15, 0.2) is 24.3 Å². The Labute approximate surface area is 96.6 Å². The van der Waals surface area contributed by atoms with Crippen LogP contribution < -0.4 is 4.74 Å². The maximum absolute atomic E-state index is 11.7. The third kappa shape index (κ3) is 3.78.